The summed E-state index contributed by atoms with van der Waals surface area (Å²) in [5, 5.41) is 11.6. The Morgan fingerprint density at radius 3 is 2.21 bits per heavy atom. The van der Waals surface area contributed by atoms with Gasteiger partial charge in [-0.05, 0) is 51.0 Å². The Labute approximate surface area is 141 Å². The number of carbonyl (C=O) groups is 2. The molecule has 1 aliphatic rings. The molecule has 0 heterocycles. The fourth-order valence-electron chi connectivity index (χ4n) is 2.43. The summed E-state index contributed by atoms with van der Waals surface area (Å²) in [5.74, 6) is -1.57. The standard InChI is InChI=1S/C16H22N2O5S/c1-10(2)18(3)24(22,23)14-6-4-11(5-7-14)15(19)17-13-8-12(9-13)16(20)21/h4-7,10,12-13H,8-9H2,1-3H3,(H,17,19)(H,20,21). The molecule has 0 aromatic heterocycles. The molecule has 0 radical (unpaired) electrons. The fraction of sp³-hybridized carbons (Fsp3) is 0.500. The lowest BCUT2D eigenvalue weighted by Crippen LogP contribution is -2.46. The maximum absolute atomic E-state index is 12.4. The van der Waals surface area contributed by atoms with Gasteiger partial charge in [-0.1, -0.05) is 0 Å². The minimum absolute atomic E-state index is 0.129. The predicted molar refractivity (Wildman–Crippen MR) is 88.1 cm³/mol. The van der Waals surface area contributed by atoms with Gasteiger partial charge >= 0.3 is 5.97 Å². The highest BCUT2D eigenvalue weighted by Crippen LogP contribution is 2.27. The summed E-state index contributed by atoms with van der Waals surface area (Å²) in [7, 11) is -2.07. The third-order valence-corrected chi connectivity index (χ3v) is 6.39. The van der Waals surface area contributed by atoms with Gasteiger partial charge in [-0.3, -0.25) is 9.59 Å². The summed E-state index contributed by atoms with van der Waals surface area (Å²) in [6, 6.07) is 5.43. The molecule has 2 N–H and O–H groups in total. The van der Waals surface area contributed by atoms with Crippen LogP contribution in [0.2, 0.25) is 0 Å². The number of amides is 1. The van der Waals surface area contributed by atoms with Crippen LogP contribution < -0.4 is 5.32 Å². The number of aliphatic carboxylic acids is 1. The summed E-state index contributed by atoms with van der Waals surface area (Å²) >= 11 is 0. The van der Waals surface area contributed by atoms with Crippen LogP contribution in [0.25, 0.3) is 0 Å². The van der Waals surface area contributed by atoms with Crippen molar-refractivity contribution in [2.45, 2.75) is 43.7 Å². The zero-order valence-electron chi connectivity index (χ0n) is 13.9. The van der Waals surface area contributed by atoms with Crippen molar-refractivity contribution in [1.82, 2.24) is 9.62 Å². The van der Waals surface area contributed by atoms with E-state index in [4.69, 9.17) is 5.11 Å². The maximum Gasteiger partial charge on any atom is 0.306 e. The molecule has 7 nitrogen and oxygen atoms in total. The van der Waals surface area contributed by atoms with Crippen LogP contribution in [-0.4, -0.2) is 48.8 Å². The van der Waals surface area contributed by atoms with Gasteiger partial charge in [-0.15, -0.1) is 0 Å². The SMILES string of the molecule is CC(C)N(C)S(=O)(=O)c1ccc(C(=O)NC2CC(C(=O)O)C2)cc1. The summed E-state index contributed by atoms with van der Waals surface area (Å²) < 4.78 is 26.0. The first-order chi connectivity index (χ1) is 11.1. The molecule has 132 valence electrons. The molecule has 1 saturated carbocycles. The van der Waals surface area contributed by atoms with E-state index in [0.717, 1.165) is 0 Å². The second kappa shape index (κ2) is 6.90. The minimum Gasteiger partial charge on any atom is -0.481 e. The molecule has 0 saturated heterocycles. The van der Waals surface area contributed by atoms with Crippen LogP contribution in [0.5, 0.6) is 0 Å². The van der Waals surface area contributed by atoms with Crippen LogP contribution in [0, 0.1) is 5.92 Å². The van der Waals surface area contributed by atoms with E-state index in [0.29, 0.717) is 18.4 Å². The van der Waals surface area contributed by atoms with Crippen LogP contribution in [0.4, 0.5) is 0 Å². The molecule has 1 amide bonds. The number of carboxylic acids is 1. The smallest absolute Gasteiger partial charge is 0.306 e. The summed E-state index contributed by atoms with van der Waals surface area (Å²) in [6.07, 6.45) is 0.847. The lowest BCUT2D eigenvalue weighted by atomic mass is 9.80. The number of carbonyl (C=O) groups excluding carboxylic acids is 1. The molecule has 0 atom stereocenters. The Kier molecular flexibility index (Phi) is 5.29. The molecule has 0 spiro atoms. The highest BCUT2D eigenvalue weighted by Gasteiger charge is 2.35. The number of carboxylic acid groups (broad SMARTS) is 1. The Bertz CT molecular complexity index is 721. The van der Waals surface area contributed by atoms with Crippen molar-refractivity contribution in [3.8, 4) is 0 Å². The second-order valence-corrected chi connectivity index (χ2v) is 8.31. The monoisotopic (exact) mass is 354 g/mol. The van der Waals surface area contributed by atoms with Crippen molar-refractivity contribution >= 4 is 21.9 Å². The van der Waals surface area contributed by atoms with Gasteiger partial charge in [0.25, 0.3) is 5.91 Å². The average Bonchev–Trinajstić information content (AvgIpc) is 2.48. The van der Waals surface area contributed by atoms with Gasteiger partial charge in [0.2, 0.25) is 10.0 Å². The first kappa shape index (κ1) is 18.4. The van der Waals surface area contributed by atoms with Crippen molar-refractivity contribution in [1.29, 1.82) is 0 Å². The molecule has 1 fully saturated rings. The Hall–Kier alpha value is -1.93. The van der Waals surface area contributed by atoms with Crippen LogP contribution in [-0.2, 0) is 14.8 Å². The summed E-state index contributed by atoms with van der Waals surface area (Å²) in [5.41, 5.74) is 0.347. The fourth-order valence-corrected chi connectivity index (χ4v) is 3.80. The van der Waals surface area contributed by atoms with Crippen LogP contribution in [0.15, 0.2) is 29.2 Å². The molecule has 2 rings (SSSR count). The topological polar surface area (TPSA) is 104 Å². The Balaban J connectivity index is 2.02. The number of nitrogens with zero attached hydrogens (tertiary/aromatic N) is 1. The number of sulfonamides is 1. The Morgan fingerprint density at radius 1 is 1.21 bits per heavy atom. The van der Waals surface area contributed by atoms with Gasteiger partial charge in [0.05, 0.1) is 10.8 Å². The van der Waals surface area contributed by atoms with E-state index in [9.17, 15) is 18.0 Å². The van der Waals surface area contributed by atoms with Gasteiger partial charge in [0.15, 0.2) is 0 Å². The highest BCUT2D eigenvalue weighted by atomic mass is 32.2. The first-order valence-electron chi connectivity index (χ1n) is 7.74. The number of hydrogen-bond acceptors (Lipinski definition) is 4. The lowest BCUT2D eigenvalue weighted by molar-refractivity contribution is -0.145. The van der Waals surface area contributed by atoms with Crippen LogP contribution in [0.3, 0.4) is 0 Å². The molecule has 1 aromatic carbocycles. The molecule has 0 unspecified atom stereocenters. The van der Waals surface area contributed by atoms with Crippen molar-refractivity contribution < 1.29 is 23.1 Å². The number of benzene rings is 1. The van der Waals surface area contributed by atoms with E-state index in [1.807, 2.05) is 0 Å². The predicted octanol–water partition coefficient (Wildman–Crippen LogP) is 1.31. The molecule has 0 aliphatic heterocycles. The van der Waals surface area contributed by atoms with Crippen LogP contribution in [0.1, 0.15) is 37.0 Å². The molecule has 8 heteroatoms. The number of hydrogen-bond donors (Lipinski definition) is 2. The third-order valence-electron chi connectivity index (χ3n) is 4.34. The zero-order chi connectivity index (χ0) is 18.1. The number of rotatable bonds is 6. The molecule has 1 aliphatic carbocycles. The van der Waals surface area contributed by atoms with Gasteiger partial charge in [0.1, 0.15) is 0 Å². The van der Waals surface area contributed by atoms with E-state index >= 15 is 0 Å². The van der Waals surface area contributed by atoms with Crippen LogP contribution >= 0.6 is 0 Å². The van der Waals surface area contributed by atoms with Crippen molar-refractivity contribution in [2.24, 2.45) is 5.92 Å². The lowest BCUT2D eigenvalue weighted by Gasteiger charge is -2.32. The van der Waals surface area contributed by atoms with Gasteiger partial charge in [-0.25, -0.2) is 8.42 Å². The Morgan fingerprint density at radius 2 is 1.75 bits per heavy atom. The maximum atomic E-state index is 12.4. The zero-order valence-corrected chi connectivity index (χ0v) is 14.7. The van der Waals surface area contributed by atoms with Gasteiger partial charge < -0.3 is 10.4 Å². The first-order valence-corrected chi connectivity index (χ1v) is 9.18. The van der Waals surface area contributed by atoms with Crippen molar-refractivity contribution in [2.75, 3.05) is 7.05 Å². The second-order valence-electron chi connectivity index (χ2n) is 6.32. The molecule has 24 heavy (non-hydrogen) atoms. The largest absolute Gasteiger partial charge is 0.481 e. The van der Waals surface area contributed by atoms with E-state index in [-0.39, 0.29) is 22.9 Å². The van der Waals surface area contributed by atoms with Crippen molar-refractivity contribution in [3.63, 3.8) is 0 Å². The van der Waals surface area contributed by atoms with Gasteiger partial charge in [-0.2, -0.15) is 4.31 Å². The van der Waals surface area contributed by atoms with Gasteiger partial charge in [0, 0.05) is 24.7 Å². The summed E-state index contributed by atoms with van der Waals surface area (Å²) in [6.45, 7) is 3.56. The minimum atomic E-state index is -3.58. The third kappa shape index (κ3) is 3.76. The van der Waals surface area contributed by atoms with E-state index in [1.54, 1.807) is 13.8 Å². The molecular formula is C16H22N2O5S. The van der Waals surface area contributed by atoms with Crippen molar-refractivity contribution in [3.05, 3.63) is 29.8 Å². The van der Waals surface area contributed by atoms with E-state index < -0.39 is 21.9 Å². The summed E-state index contributed by atoms with van der Waals surface area (Å²) in [4.78, 5) is 23.0. The molecular weight excluding hydrogens is 332 g/mol. The van der Waals surface area contributed by atoms with E-state index in [2.05, 4.69) is 5.32 Å². The normalized spacial score (nSPS) is 20.7. The van der Waals surface area contributed by atoms with E-state index in [1.165, 1.54) is 35.6 Å². The average molecular weight is 354 g/mol. The molecule has 1 aromatic rings. The highest BCUT2D eigenvalue weighted by molar-refractivity contribution is 7.89. The number of nitrogens with one attached hydrogen (secondary N) is 1. The molecule has 0 bridgehead atoms. The quantitative estimate of drug-likeness (QED) is 0.801.